The minimum absolute atomic E-state index is 0.120. The lowest BCUT2D eigenvalue weighted by atomic mass is 9.76. The lowest BCUT2D eigenvalue weighted by Gasteiger charge is -2.40. The van der Waals surface area contributed by atoms with E-state index in [0.29, 0.717) is 24.5 Å². The molecule has 5 rings (SSSR count). The number of benzene rings is 2. The highest BCUT2D eigenvalue weighted by molar-refractivity contribution is 6.30. The molecular formula is C32H33ClFN5O3. The molecule has 2 aromatic carbocycles. The van der Waals surface area contributed by atoms with Gasteiger partial charge < -0.3 is 15.4 Å². The van der Waals surface area contributed by atoms with Gasteiger partial charge in [0.2, 0.25) is 0 Å². The van der Waals surface area contributed by atoms with Gasteiger partial charge in [0.1, 0.15) is 11.6 Å². The molecule has 6 atom stereocenters. The van der Waals surface area contributed by atoms with Crippen LogP contribution in [0.25, 0.3) is 0 Å². The highest BCUT2D eigenvalue weighted by Gasteiger charge is 2.50. The van der Waals surface area contributed by atoms with E-state index in [1.165, 1.54) is 24.3 Å². The van der Waals surface area contributed by atoms with E-state index in [9.17, 15) is 19.2 Å². The van der Waals surface area contributed by atoms with Crippen molar-refractivity contribution >= 4 is 23.5 Å². The molecule has 218 valence electrons. The molecular weight excluding hydrogens is 557 g/mol. The van der Waals surface area contributed by atoms with Crippen LogP contribution in [-0.2, 0) is 4.79 Å². The van der Waals surface area contributed by atoms with Crippen LogP contribution in [0.5, 0.6) is 5.75 Å². The van der Waals surface area contributed by atoms with Gasteiger partial charge in [0.25, 0.3) is 0 Å². The average molecular weight is 590 g/mol. The SMILES string of the molecule is CC(C)N(C(=O)Oc1ccc(F)cc1)[C@H]1C(C(=O)C2CC(c3ccccn3)NCC2C#N)NC[C@@H]1c1ccc(Cl)cc1. The molecule has 3 heterocycles. The van der Waals surface area contributed by atoms with E-state index in [1.54, 1.807) is 23.2 Å². The Morgan fingerprint density at radius 3 is 2.45 bits per heavy atom. The molecule has 0 saturated carbocycles. The zero-order chi connectivity index (χ0) is 29.8. The van der Waals surface area contributed by atoms with Crippen molar-refractivity contribution in [1.29, 1.82) is 5.26 Å². The van der Waals surface area contributed by atoms with Crippen molar-refractivity contribution < 1.29 is 18.7 Å². The van der Waals surface area contributed by atoms with Crippen LogP contribution in [0.3, 0.4) is 0 Å². The molecule has 8 nitrogen and oxygen atoms in total. The van der Waals surface area contributed by atoms with E-state index in [4.69, 9.17) is 16.3 Å². The van der Waals surface area contributed by atoms with E-state index in [0.717, 1.165) is 11.3 Å². The average Bonchev–Trinajstić information content (AvgIpc) is 3.42. The van der Waals surface area contributed by atoms with E-state index >= 15 is 0 Å². The lowest BCUT2D eigenvalue weighted by Crippen LogP contribution is -2.57. The normalized spacial score (nSPS) is 25.5. The molecule has 4 unspecified atom stereocenters. The fraction of sp³-hybridized carbons (Fsp3) is 0.375. The second kappa shape index (κ2) is 13.0. The van der Waals surface area contributed by atoms with E-state index < -0.39 is 35.8 Å². The van der Waals surface area contributed by atoms with Gasteiger partial charge >= 0.3 is 6.09 Å². The van der Waals surface area contributed by atoms with Crippen molar-refractivity contribution in [3.63, 3.8) is 0 Å². The largest absolute Gasteiger partial charge is 0.415 e. The van der Waals surface area contributed by atoms with Gasteiger partial charge in [0.15, 0.2) is 5.78 Å². The number of pyridine rings is 1. The van der Waals surface area contributed by atoms with Crippen LogP contribution in [0.2, 0.25) is 5.02 Å². The standard InChI is InChI=1S/C32H33ClFN5O3/c1-19(2)39(32(41)42-24-12-10-23(34)11-13-24)30-26(20-6-8-22(33)9-7-20)18-38-29(30)31(40)25-15-28(37-17-21(25)16-35)27-5-3-4-14-36-27/h3-14,19,21,25-26,28-30,37-38H,15,17-18H2,1-2H3/t21?,25?,26-,28?,29?,30-/m1/s1. The molecule has 0 radical (unpaired) electrons. The number of hydrogen-bond donors (Lipinski definition) is 2. The van der Waals surface area contributed by atoms with Crippen LogP contribution < -0.4 is 15.4 Å². The molecule has 2 aliphatic heterocycles. The maximum atomic E-state index is 14.4. The molecule has 2 fully saturated rings. The maximum Gasteiger partial charge on any atom is 0.415 e. The van der Waals surface area contributed by atoms with Crippen LogP contribution in [0, 0.1) is 29.0 Å². The Balaban J connectivity index is 1.49. The number of halogens is 2. The Morgan fingerprint density at radius 1 is 1.07 bits per heavy atom. The zero-order valence-electron chi connectivity index (χ0n) is 23.4. The minimum atomic E-state index is -0.753. The van der Waals surface area contributed by atoms with Gasteiger partial charge in [-0.3, -0.25) is 14.7 Å². The number of rotatable bonds is 7. The summed E-state index contributed by atoms with van der Waals surface area (Å²) in [6.07, 6.45) is 1.48. The summed E-state index contributed by atoms with van der Waals surface area (Å²) in [4.78, 5) is 34.2. The molecule has 0 bridgehead atoms. The summed E-state index contributed by atoms with van der Waals surface area (Å²) in [7, 11) is 0. The number of ketones is 1. The number of nitrogens with zero attached hydrogens (tertiary/aromatic N) is 3. The summed E-state index contributed by atoms with van der Waals surface area (Å²) in [5.74, 6) is -1.73. The van der Waals surface area contributed by atoms with E-state index in [-0.39, 0.29) is 29.5 Å². The number of nitrogens with one attached hydrogen (secondary N) is 2. The molecule has 42 heavy (non-hydrogen) atoms. The number of hydrogen-bond acceptors (Lipinski definition) is 7. The summed E-state index contributed by atoms with van der Waals surface area (Å²) in [6, 6.07) is 18.7. The number of piperidine rings is 1. The molecule has 2 N–H and O–H groups in total. The number of ether oxygens (including phenoxy) is 1. The highest BCUT2D eigenvalue weighted by Crippen LogP contribution is 2.38. The zero-order valence-corrected chi connectivity index (χ0v) is 24.2. The van der Waals surface area contributed by atoms with Gasteiger partial charge in [-0.1, -0.05) is 29.8 Å². The predicted octanol–water partition coefficient (Wildman–Crippen LogP) is 5.27. The summed E-state index contributed by atoms with van der Waals surface area (Å²) in [5, 5.41) is 17.4. The quantitative estimate of drug-likeness (QED) is 0.387. The third-order valence-electron chi connectivity index (χ3n) is 8.16. The molecule has 2 saturated heterocycles. The third kappa shape index (κ3) is 6.31. The van der Waals surface area contributed by atoms with Crippen LogP contribution in [0.1, 0.15) is 43.5 Å². The topological polar surface area (TPSA) is 107 Å². The number of aromatic nitrogens is 1. The molecule has 0 aliphatic carbocycles. The number of amides is 1. The number of carbonyl (C=O) groups is 2. The van der Waals surface area contributed by atoms with Crippen molar-refractivity contribution in [3.8, 4) is 11.8 Å². The van der Waals surface area contributed by atoms with Crippen molar-refractivity contribution in [2.24, 2.45) is 11.8 Å². The summed E-state index contributed by atoms with van der Waals surface area (Å²) < 4.78 is 19.2. The first-order valence-electron chi connectivity index (χ1n) is 14.1. The van der Waals surface area contributed by atoms with Gasteiger partial charge in [0.05, 0.1) is 35.8 Å². The van der Waals surface area contributed by atoms with Crippen LogP contribution in [0.15, 0.2) is 72.9 Å². The van der Waals surface area contributed by atoms with Crippen molar-refractivity contribution in [1.82, 2.24) is 20.5 Å². The fourth-order valence-electron chi connectivity index (χ4n) is 6.11. The first-order valence-corrected chi connectivity index (χ1v) is 14.5. The number of carbonyl (C=O) groups excluding carboxylic acids is 2. The first kappa shape index (κ1) is 29.6. The van der Waals surface area contributed by atoms with Crippen LogP contribution in [-0.4, -0.2) is 53.0 Å². The van der Waals surface area contributed by atoms with Gasteiger partial charge in [-0.25, -0.2) is 9.18 Å². The summed E-state index contributed by atoms with van der Waals surface area (Å²) >= 11 is 6.17. The number of Topliss-reactive ketones (excluding diaryl/α,β-unsaturated/α-hetero) is 1. The molecule has 3 aromatic rings. The van der Waals surface area contributed by atoms with Crippen molar-refractivity contribution in [3.05, 3.63) is 95.0 Å². The Morgan fingerprint density at radius 2 is 1.81 bits per heavy atom. The maximum absolute atomic E-state index is 14.4. The van der Waals surface area contributed by atoms with Crippen molar-refractivity contribution in [2.75, 3.05) is 13.1 Å². The smallest absolute Gasteiger partial charge is 0.410 e. The molecule has 1 amide bonds. The summed E-state index contributed by atoms with van der Waals surface area (Å²) in [6.45, 7) is 4.52. The second-order valence-corrected chi connectivity index (χ2v) is 11.5. The van der Waals surface area contributed by atoms with Crippen molar-refractivity contribution in [2.45, 2.75) is 50.4 Å². The van der Waals surface area contributed by atoms with E-state index in [2.05, 4.69) is 21.7 Å². The monoisotopic (exact) mass is 589 g/mol. The molecule has 2 aliphatic rings. The van der Waals surface area contributed by atoms with Gasteiger partial charge in [-0.2, -0.15) is 5.26 Å². The third-order valence-corrected chi connectivity index (χ3v) is 8.41. The van der Waals surface area contributed by atoms with Gasteiger partial charge in [-0.05, 0) is 74.4 Å². The summed E-state index contributed by atoms with van der Waals surface area (Å²) in [5.41, 5.74) is 1.73. The van der Waals surface area contributed by atoms with Gasteiger partial charge in [0, 0.05) is 42.2 Å². The van der Waals surface area contributed by atoms with E-state index in [1.807, 2.05) is 44.2 Å². The Labute approximate surface area is 249 Å². The van der Waals surface area contributed by atoms with Crippen LogP contribution in [0.4, 0.5) is 9.18 Å². The molecule has 10 heteroatoms. The lowest BCUT2D eigenvalue weighted by molar-refractivity contribution is -0.128. The second-order valence-electron chi connectivity index (χ2n) is 11.1. The molecule has 1 aromatic heterocycles. The molecule has 0 spiro atoms. The fourth-order valence-corrected chi connectivity index (χ4v) is 6.24. The Kier molecular flexibility index (Phi) is 9.17. The van der Waals surface area contributed by atoms with Gasteiger partial charge in [-0.15, -0.1) is 0 Å². The Hall–Kier alpha value is -3.84. The predicted molar refractivity (Wildman–Crippen MR) is 156 cm³/mol. The Bertz CT molecular complexity index is 1430. The number of nitriles is 1. The van der Waals surface area contributed by atoms with Crippen LogP contribution >= 0.6 is 11.6 Å². The minimum Gasteiger partial charge on any atom is -0.410 e. The first-order chi connectivity index (χ1) is 20.3. The highest BCUT2D eigenvalue weighted by atomic mass is 35.5.